The number of halogens is 3. The van der Waals surface area contributed by atoms with E-state index in [9.17, 15) is 18.0 Å². The van der Waals surface area contributed by atoms with E-state index in [0.717, 1.165) is 13.1 Å². The highest BCUT2D eigenvalue weighted by molar-refractivity contribution is 5.78. The molecule has 2 saturated heterocycles. The maximum Gasteiger partial charge on any atom is 0.391 e. The largest absolute Gasteiger partial charge is 0.391 e. The van der Waals surface area contributed by atoms with E-state index in [-0.39, 0.29) is 24.7 Å². The second-order valence-corrected chi connectivity index (χ2v) is 5.46. The number of alkyl halides is 3. The highest BCUT2D eigenvalue weighted by Gasteiger charge is 2.41. The Balaban J connectivity index is 1.76. The fourth-order valence-corrected chi connectivity index (χ4v) is 2.89. The summed E-state index contributed by atoms with van der Waals surface area (Å²) in [6.45, 7) is 2.48. The first kappa shape index (κ1) is 13.6. The molecule has 0 aromatic heterocycles. The molecule has 0 aromatic rings. The maximum absolute atomic E-state index is 12.5. The lowest BCUT2D eigenvalue weighted by molar-refractivity contribution is -0.185. The third kappa shape index (κ3) is 3.16. The van der Waals surface area contributed by atoms with Crippen LogP contribution in [0.15, 0.2) is 0 Å². The summed E-state index contributed by atoms with van der Waals surface area (Å²) in [7, 11) is 1.78. The van der Waals surface area contributed by atoms with Crippen LogP contribution in [0, 0.1) is 11.8 Å². The van der Waals surface area contributed by atoms with E-state index < -0.39 is 12.1 Å². The number of hydrogen-bond donors (Lipinski definition) is 0. The molecule has 6 heteroatoms. The molecule has 18 heavy (non-hydrogen) atoms. The molecule has 2 aliphatic heterocycles. The van der Waals surface area contributed by atoms with Crippen LogP contribution in [0.4, 0.5) is 13.2 Å². The van der Waals surface area contributed by atoms with Gasteiger partial charge in [0.15, 0.2) is 0 Å². The van der Waals surface area contributed by atoms with E-state index >= 15 is 0 Å². The topological polar surface area (TPSA) is 23.6 Å². The van der Waals surface area contributed by atoms with Gasteiger partial charge < -0.3 is 9.80 Å². The zero-order chi connectivity index (χ0) is 13.3. The molecule has 1 unspecified atom stereocenters. The van der Waals surface area contributed by atoms with Gasteiger partial charge in [0.05, 0.1) is 5.92 Å². The third-order valence-corrected chi connectivity index (χ3v) is 3.99. The van der Waals surface area contributed by atoms with Crippen molar-refractivity contribution in [2.24, 2.45) is 11.8 Å². The maximum atomic E-state index is 12.5. The first-order valence-electron chi connectivity index (χ1n) is 6.39. The minimum atomic E-state index is -4.05. The van der Waals surface area contributed by atoms with Crippen LogP contribution >= 0.6 is 0 Å². The monoisotopic (exact) mass is 264 g/mol. The molecular formula is C12H19F3N2O. The molecule has 0 N–H and O–H groups in total. The molecule has 2 fully saturated rings. The Hall–Kier alpha value is -0.780. The van der Waals surface area contributed by atoms with Gasteiger partial charge in [-0.2, -0.15) is 13.2 Å². The number of rotatable bonds is 2. The molecular weight excluding hydrogens is 245 g/mol. The first-order chi connectivity index (χ1) is 8.36. The lowest BCUT2D eigenvalue weighted by Crippen LogP contribution is -2.41. The summed E-state index contributed by atoms with van der Waals surface area (Å²) in [6.07, 6.45) is -3.12. The van der Waals surface area contributed by atoms with Crippen molar-refractivity contribution in [1.82, 2.24) is 9.80 Å². The van der Waals surface area contributed by atoms with E-state index in [2.05, 4.69) is 4.90 Å². The van der Waals surface area contributed by atoms with Crippen LogP contribution in [-0.2, 0) is 4.79 Å². The third-order valence-electron chi connectivity index (χ3n) is 3.99. The van der Waals surface area contributed by atoms with Crippen molar-refractivity contribution in [1.29, 1.82) is 0 Å². The molecule has 0 bridgehead atoms. The fourth-order valence-electron chi connectivity index (χ4n) is 2.89. The lowest BCUT2D eigenvalue weighted by Gasteiger charge is -2.34. The van der Waals surface area contributed by atoms with Crippen LogP contribution in [0.3, 0.4) is 0 Å². The minimum absolute atomic E-state index is 0.144. The van der Waals surface area contributed by atoms with Gasteiger partial charge in [0.1, 0.15) is 0 Å². The average Bonchev–Trinajstić information content (AvgIpc) is 2.57. The predicted octanol–water partition coefficient (Wildman–Crippen LogP) is 1.74. The number of amides is 1. The first-order valence-corrected chi connectivity index (χ1v) is 6.39. The highest BCUT2D eigenvalue weighted by Crippen LogP contribution is 2.34. The smallest absolute Gasteiger partial charge is 0.345 e. The van der Waals surface area contributed by atoms with Crippen molar-refractivity contribution in [2.45, 2.75) is 25.4 Å². The van der Waals surface area contributed by atoms with Crippen molar-refractivity contribution in [3.8, 4) is 0 Å². The van der Waals surface area contributed by atoms with Gasteiger partial charge in [0.25, 0.3) is 0 Å². The quantitative estimate of drug-likeness (QED) is 0.758. The van der Waals surface area contributed by atoms with Crippen LogP contribution in [0.25, 0.3) is 0 Å². The van der Waals surface area contributed by atoms with E-state index in [0.29, 0.717) is 19.5 Å². The van der Waals surface area contributed by atoms with E-state index in [4.69, 9.17) is 0 Å². The van der Waals surface area contributed by atoms with Gasteiger partial charge in [0, 0.05) is 26.6 Å². The van der Waals surface area contributed by atoms with Crippen molar-refractivity contribution in [3.63, 3.8) is 0 Å². The number of piperidine rings is 1. The Morgan fingerprint density at radius 3 is 2.33 bits per heavy atom. The van der Waals surface area contributed by atoms with Gasteiger partial charge in [-0.25, -0.2) is 0 Å². The van der Waals surface area contributed by atoms with Gasteiger partial charge in [-0.3, -0.25) is 4.79 Å². The van der Waals surface area contributed by atoms with Crippen LogP contribution in [-0.4, -0.2) is 55.1 Å². The van der Waals surface area contributed by atoms with E-state index in [1.807, 2.05) is 0 Å². The van der Waals surface area contributed by atoms with Gasteiger partial charge in [-0.05, 0) is 31.8 Å². The van der Waals surface area contributed by atoms with Crippen LogP contribution in [0.2, 0.25) is 0 Å². The number of hydrogen-bond acceptors (Lipinski definition) is 2. The molecule has 104 valence electrons. The standard InChI is InChI=1S/C12H19F3N2O/c1-16-7-9(6-11(16)18)8-17-4-2-10(3-5-17)12(13,14)15/h9-10H,2-8H2,1H3. The summed E-state index contributed by atoms with van der Waals surface area (Å²) in [6, 6.07) is 0. The fraction of sp³-hybridized carbons (Fsp3) is 0.917. The normalized spacial score (nSPS) is 28.1. The molecule has 0 radical (unpaired) electrons. The van der Waals surface area contributed by atoms with Crippen molar-refractivity contribution in [3.05, 3.63) is 0 Å². The zero-order valence-corrected chi connectivity index (χ0v) is 10.5. The average molecular weight is 264 g/mol. The summed E-state index contributed by atoms with van der Waals surface area (Å²) >= 11 is 0. The molecule has 2 aliphatic rings. The molecule has 0 saturated carbocycles. The molecule has 0 aromatic carbocycles. The predicted molar refractivity (Wildman–Crippen MR) is 61.0 cm³/mol. The summed E-state index contributed by atoms with van der Waals surface area (Å²) in [5, 5.41) is 0. The van der Waals surface area contributed by atoms with Gasteiger partial charge in [0.2, 0.25) is 5.91 Å². The Labute approximate surface area is 105 Å². The van der Waals surface area contributed by atoms with Crippen LogP contribution in [0.1, 0.15) is 19.3 Å². The molecule has 1 atom stereocenters. The Morgan fingerprint density at radius 2 is 1.89 bits per heavy atom. The number of likely N-dealkylation sites (tertiary alicyclic amines) is 2. The molecule has 1 amide bonds. The van der Waals surface area contributed by atoms with Crippen molar-refractivity contribution in [2.75, 3.05) is 33.2 Å². The molecule has 2 rings (SSSR count). The van der Waals surface area contributed by atoms with Gasteiger partial charge >= 0.3 is 6.18 Å². The number of nitrogens with zero attached hydrogens (tertiary/aromatic N) is 2. The second kappa shape index (κ2) is 5.07. The number of carbonyl (C=O) groups is 1. The molecule has 2 heterocycles. The minimum Gasteiger partial charge on any atom is -0.345 e. The summed E-state index contributed by atoms with van der Waals surface area (Å²) in [4.78, 5) is 15.1. The van der Waals surface area contributed by atoms with Crippen molar-refractivity contribution >= 4 is 5.91 Å². The van der Waals surface area contributed by atoms with Crippen LogP contribution in [0.5, 0.6) is 0 Å². The van der Waals surface area contributed by atoms with Gasteiger partial charge in [-0.1, -0.05) is 0 Å². The summed E-state index contributed by atoms with van der Waals surface area (Å²) in [5.74, 6) is -0.711. The molecule has 0 aliphatic carbocycles. The zero-order valence-electron chi connectivity index (χ0n) is 10.5. The molecule has 3 nitrogen and oxygen atoms in total. The van der Waals surface area contributed by atoms with Crippen LogP contribution < -0.4 is 0 Å². The lowest BCUT2D eigenvalue weighted by atomic mass is 9.95. The highest BCUT2D eigenvalue weighted by atomic mass is 19.4. The molecule has 0 spiro atoms. The second-order valence-electron chi connectivity index (χ2n) is 5.46. The Morgan fingerprint density at radius 1 is 1.28 bits per heavy atom. The van der Waals surface area contributed by atoms with Crippen molar-refractivity contribution < 1.29 is 18.0 Å². The van der Waals surface area contributed by atoms with Gasteiger partial charge in [-0.15, -0.1) is 0 Å². The Kier molecular flexibility index (Phi) is 3.84. The Bertz CT molecular complexity index is 311. The SMILES string of the molecule is CN1CC(CN2CCC(C(F)(F)F)CC2)CC1=O. The summed E-state index contributed by atoms with van der Waals surface area (Å²) < 4.78 is 37.5. The van der Waals surface area contributed by atoms with E-state index in [1.54, 1.807) is 11.9 Å². The number of carbonyl (C=O) groups excluding carboxylic acids is 1. The summed E-state index contributed by atoms with van der Waals surface area (Å²) in [5.41, 5.74) is 0. The van der Waals surface area contributed by atoms with E-state index in [1.165, 1.54) is 0 Å².